The number of anilines is 1. The van der Waals surface area contributed by atoms with E-state index < -0.39 is 23.8 Å². The Kier molecular flexibility index (Phi) is 5.85. The van der Waals surface area contributed by atoms with Crippen molar-refractivity contribution in [3.8, 4) is 0 Å². The van der Waals surface area contributed by atoms with Crippen molar-refractivity contribution in [2.75, 3.05) is 5.32 Å². The third-order valence-corrected chi connectivity index (χ3v) is 4.19. The zero-order valence-electron chi connectivity index (χ0n) is 14.5. The third kappa shape index (κ3) is 4.20. The molecule has 0 saturated heterocycles. The van der Waals surface area contributed by atoms with Gasteiger partial charge in [0, 0.05) is 23.0 Å². The van der Waals surface area contributed by atoms with Crippen molar-refractivity contribution in [3.05, 3.63) is 52.1 Å². The minimum Gasteiger partial charge on any atom is -0.449 e. The zero-order chi connectivity index (χ0) is 18.7. The normalized spacial score (nSPS) is 11.9. The fraction of sp³-hybridized carbons (Fsp3) is 0.333. The lowest BCUT2D eigenvalue weighted by Crippen LogP contribution is -2.30. The maximum absolute atomic E-state index is 13.7. The second kappa shape index (κ2) is 7.70. The Labute approximate surface area is 150 Å². The molecule has 0 aliphatic heterocycles. The molecule has 134 valence electrons. The van der Waals surface area contributed by atoms with E-state index in [-0.39, 0.29) is 10.7 Å². The molecule has 5 nitrogen and oxygen atoms in total. The molecule has 0 saturated carbocycles. The molecule has 2 aromatic rings. The Morgan fingerprint density at radius 3 is 2.56 bits per heavy atom. The van der Waals surface area contributed by atoms with Crippen molar-refractivity contribution in [3.63, 3.8) is 0 Å². The summed E-state index contributed by atoms with van der Waals surface area (Å²) in [5, 5.41) is 2.60. The summed E-state index contributed by atoms with van der Waals surface area (Å²) in [5.41, 5.74) is 2.10. The summed E-state index contributed by atoms with van der Waals surface area (Å²) in [6.07, 6.45) is -1.08. The van der Waals surface area contributed by atoms with Gasteiger partial charge < -0.3 is 14.6 Å². The van der Waals surface area contributed by atoms with Crippen LogP contribution in [0.4, 0.5) is 10.1 Å². The number of halogens is 2. The van der Waals surface area contributed by atoms with E-state index in [9.17, 15) is 14.0 Å². The van der Waals surface area contributed by atoms with Crippen LogP contribution in [0.15, 0.2) is 24.3 Å². The summed E-state index contributed by atoms with van der Waals surface area (Å²) < 4.78 is 20.9. The quantitative estimate of drug-likeness (QED) is 0.810. The Balaban J connectivity index is 2.07. The number of hydrogen-bond acceptors (Lipinski definition) is 3. The number of amides is 1. The molecular weight excluding hydrogens is 347 g/mol. The number of benzene rings is 1. The van der Waals surface area contributed by atoms with Gasteiger partial charge in [-0.05, 0) is 52.0 Å². The number of esters is 1. The Bertz CT molecular complexity index is 817. The van der Waals surface area contributed by atoms with Gasteiger partial charge in [0.2, 0.25) is 0 Å². The van der Waals surface area contributed by atoms with E-state index in [2.05, 4.69) is 5.32 Å². The average Bonchev–Trinajstić information content (AvgIpc) is 2.84. The minimum atomic E-state index is -1.08. The zero-order valence-corrected chi connectivity index (χ0v) is 15.3. The van der Waals surface area contributed by atoms with E-state index in [1.165, 1.54) is 19.1 Å². The summed E-state index contributed by atoms with van der Waals surface area (Å²) in [6, 6.07) is 5.62. The topological polar surface area (TPSA) is 60.3 Å². The van der Waals surface area contributed by atoms with Crippen LogP contribution in [0.25, 0.3) is 0 Å². The number of rotatable bonds is 5. The number of carbonyl (C=O) groups is 2. The highest BCUT2D eigenvalue weighted by Crippen LogP contribution is 2.20. The molecule has 2 rings (SSSR count). The molecule has 0 bridgehead atoms. The van der Waals surface area contributed by atoms with E-state index >= 15 is 0 Å². The number of carbonyl (C=O) groups excluding carboxylic acids is 2. The summed E-state index contributed by atoms with van der Waals surface area (Å²) in [6.45, 7) is 7.86. The van der Waals surface area contributed by atoms with Crippen LogP contribution in [0.3, 0.4) is 0 Å². The van der Waals surface area contributed by atoms with Gasteiger partial charge in [-0.25, -0.2) is 9.18 Å². The fourth-order valence-corrected chi connectivity index (χ4v) is 2.76. The highest BCUT2D eigenvalue weighted by molar-refractivity contribution is 6.30. The van der Waals surface area contributed by atoms with Gasteiger partial charge in [-0.3, -0.25) is 4.79 Å². The Morgan fingerprint density at radius 1 is 1.32 bits per heavy atom. The van der Waals surface area contributed by atoms with E-state index in [1.807, 2.05) is 25.3 Å². The molecule has 0 aliphatic carbocycles. The lowest BCUT2D eigenvalue weighted by molar-refractivity contribution is -0.123. The number of nitrogens with one attached hydrogen (secondary N) is 1. The first-order valence-corrected chi connectivity index (χ1v) is 8.26. The highest BCUT2D eigenvalue weighted by atomic mass is 35.5. The smallest absolute Gasteiger partial charge is 0.340 e. The highest BCUT2D eigenvalue weighted by Gasteiger charge is 2.23. The summed E-state index contributed by atoms with van der Waals surface area (Å²) in [5.74, 6) is -1.88. The summed E-state index contributed by atoms with van der Waals surface area (Å²) in [7, 11) is 0. The van der Waals surface area contributed by atoms with E-state index in [0.717, 1.165) is 24.0 Å². The largest absolute Gasteiger partial charge is 0.449 e. The van der Waals surface area contributed by atoms with Gasteiger partial charge in [-0.1, -0.05) is 11.6 Å². The van der Waals surface area contributed by atoms with Crippen molar-refractivity contribution in [2.24, 2.45) is 0 Å². The molecule has 1 N–H and O–H groups in total. The van der Waals surface area contributed by atoms with E-state index in [0.29, 0.717) is 5.56 Å². The molecule has 0 radical (unpaired) electrons. The molecule has 1 atom stereocenters. The number of aryl methyl sites for hydroxylation is 1. The van der Waals surface area contributed by atoms with Crippen LogP contribution in [-0.4, -0.2) is 22.5 Å². The molecule has 1 aromatic heterocycles. The molecule has 1 heterocycles. The van der Waals surface area contributed by atoms with Gasteiger partial charge in [0.05, 0.1) is 11.3 Å². The summed E-state index contributed by atoms with van der Waals surface area (Å²) in [4.78, 5) is 24.5. The minimum absolute atomic E-state index is 0.0264. The Hall–Kier alpha value is -2.34. The monoisotopic (exact) mass is 366 g/mol. The molecular formula is C18H20ClFN2O3. The van der Waals surface area contributed by atoms with Crippen LogP contribution in [0.2, 0.25) is 5.02 Å². The van der Waals surface area contributed by atoms with Crippen LogP contribution >= 0.6 is 11.6 Å². The van der Waals surface area contributed by atoms with Crippen LogP contribution in [0, 0.1) is 19.7 Å². The van der Waals surface area contributed by atoms with Gasteiger partial charge >= 0.3 is 5.97 Å². The molecule has 0 unspecified atom stereocenters. The van der Waals surface area contributed by atoms with Gasteiger partial charge in [0.15, 0.2) is 6.10 Å². The molecule has 1 amide bonds. The number of ether oxygens (including phenoxy) is 1. The average molecular weight is 367 g/mol. The van der Waals surface area contributed by atoms with E-state index in [4.69, 9.17) is 16.3 Å². The van der Waals surface area contributed by atoms with E-state index in [1.54, 1.807) is 6.07 Å². The molecule has 0 spiro atoms. The lowest BCUT2D eigenvalue weighted by atomic mass is 10.2. The second-order valence-corrected chi connectivity index (χ2v) is 6.13. The number of aromatic nitrogens is 1. The van der Waals surface area contributed by atoms with Crippen molar-refractivity contribution in [1.82, 2.24) is 4.57 Å². The second-order valence-electron chi connectivity index (χ2n) is 5.69. The standard InChI is InChI=1S/C18H20ClFN2O3/c1-5-22-10(2)8-14(11(22)3)18(24)25-12(4)17(23)21-16-7-6-13(19)9-15(16)20/h6-9,12H,5H2,1-4H3,(H,21,23)/t12-/m0/s1. The van der Waals surface area contributed by atoms with Gasteiger partial charge in [0.25, 0.3) is 5.91 Å². The first-order valence-electron chi connectivity index (χ1n) is 7.88. The van der Waals surface area contributed by atoms with Crippen LogP contribution in [0.5, 0.6) is 0 Å². The van der Waals surface area contributed by atoms with Crippen LogP contribution in [0.1, 0.15) is 35.6 Å². The van der Waals surface area contributed by atoms with Crippen molar-refractivity contribution in [1.29, 1.82) is 0 Å². The maximum atomic E-state index is 13.7. The predicted molar refractivity (Wildman–Crippen MR) is 94.5 cm³/mol. The van der Waals surface area contributed by atoms with Crippen LogP contribution < -0.4 is 5.32 Å². The molecule has 7 heteroatoms. The van der Waals surface area contributed by atoms with Crippen molar-refractivity contribution in [2.45, 2.75) is 40.3 Å². The number of nitrogens with zero attached hydrogens (tertiary/aromatic N) is 1. The maximum Gasteiger partial charge on any atom is 0.340 e. The van der Waals surface area contributed by atoms with Crippen molar-refractivity contribution >= 4 is 29.2 Å². The lowest BCUT2D eigenvalue weighted by Gasteiger charge is -2.14. The Morgan fingerprint density at radius 2 is 2.00 bits per heavy atom. The molecule has 25 heavy (non-hydrogen) atoms. The predicted octanol–water partition coefficient (Wildman–Crippen LogP) is 4.10. The molecule has 0 aliphatic rings. The summed E-state index contributed by atoms with van der Waals surface area (Å²) >= 11 is 5.67. The van der Waals surface area contributed by atoms with Gasteiger partial charge in [-0.2, -0.15) is 0 Å². The van der Waals surface area contributed by atoms with Gasteiger partial charge in [0.1, 0.15) is 5.82 Å². The molecule has 0 fully saturated rings. The SMILES string of the molecule is CCn1c(C)cc(C(=O)O[C@@H](C)C(=O)Nc2ccc(Cl)cc2F)c1C. The first-order chi connectivity index (χ1) is 11.7. The first kappa shape index (κ1) is 19.0. The fourth-order valence-electron chi connectivity index (χ4n) is 2.60. The third-order valence-electron chi connectivity index (χ3n) is 3.95. The van der Waals surface area contributed by atoms with Crippen molar-refractivity contribution < 1.29 is 18.7 Å². The van der Waals surface area contributed by atoms with Crippen LogP contribution in [-0.2, 0) is 16.1 Å². The molecule has 1 aromatic carbocycles. The van der Waals surface area contributed by atoms with Gasteiger partial charge in [-0.15, -0.1) is 0 Å². The number of hydrogen-bond donors (Lipinski definition) is 1.